The lowest BCUT2D eigenvalue weighted by Crippen LogP contribution is -2.42. The maximum atomic E-state index is 12.2. The highest BCUT2D eigenvalue weighted by molar-refractivity contribution is 6.07. The third-order valence-corrected chi connectivity index (χ3v) is 4.18. The van der Waals surface area contributed by atoms with Crippen LogP contribution in [0.3, 0.4) is 0 Å². The van der Waals surface area contributed by atoms with Gasteiger partial charge in [-0.25, -0.2) is 4.79 Å². The second-order valence-corrected chi connectivity index (χ2v) is 7.18. The summed E-state index contributed by atoms with van der Waals surface area (Å²) in [4.78, 5) is 18.3. The number of carbonyl (C=O) groups excluding carboxylic acids is 1. The van der Waals surface area contributed by atoms with Crippen LogP contribution in [-0.4, -0.2) is 49.5 Å². The molecule has 2 heterocycles. The van der Waals surface area contributed by atoms with Crippen LogP contribution < -0.4 is 5.32 Å². The SMILES string of the molecule is CN=C(C=C(NC)C1CCN(C(=O)OC(C)(C)C)CC1)c1ccco1. The van der Waals surface area contributed by atoms with Crippen LogP contribution in [0, 0.1) is 5.92 Å². The summed E-state index contributed by atoms with van der Waals surface area (Å²) in [5, 5.41) is 3.28. The van der Waals surface area contributed by atoms with E-state index in [-0.39, 0.29) is 6.09 Å². The van der Waals surface area contributed by atoms with E-state index in [1.165, 1.54) is 0 Å². The number of furan rings is 1. The zero-order valence-electron chi connectivity index (χ0n) is 15.8. The molecule has 1 aromatic rings. The third-order valence-electron chi connectivity index (χ3n) is 4.18. The first-order valence-electron chi connectivity index (χ1n) is 8.72. The molecule has 0 saturated carbocycles. The van der Waals surface area contributed by atoms with E-state index >= 15 is 0 Å². The number of carbonyl (C=O) groups is 1. The number of piperidine rings is 1. The highest BCUT2D eigenvalue weighted by atomic mass is 16.6. The molecular formula is C19H29N3O3. The number of rotatable bonds is 4. The van der Waals surface area contributed by atoms with E-state index in [0.29, 0.717) is 19.0 Å². The van der Waals surface area contributed by atoms with Gasteiger partial charge in [-0.1, -0.05) is 0 Å². The van der Waals surface area contributed by atoms with Crippen molar-refractivity contribution < 1.29 is 13.9 Å². The zero-order valence-corrected chi connectivity index (χ0v) is 15.8. The Morgan fingerprint density at radius 2 is 2.08 bits per heavy atom. The van der Waals surface area contributed by atoms with Gasteiger partial charge in [-0.05, 0) is 51.8 Å². The lowest BCUT2D eigenvalue weighted by atomic mass is 9.92. The zero-order chi connectivity index (χ0) is 18.4. The van der Waals surface area contributed by atoms with Crippen LogP contribution in [0.4, 0.5) is 4.79 Å². The van der Waals surface area contributed by atoms with Crippen LogP contribution in [0.2, 0.25) is 0 Å². The number of aliphatic imine (C=N–C) groups is 1. The van der Waals surface area contributed by atoms with Crippen LogP contribution in [-0.2, 0) is 4.74 Å². The summed E-state index contributed by atoms with van der Waals surface area (Å²) >= 11 is 0. The Morgan fingerprint density at radius 1 is 1.40 bits per heavy atom. The fourth-order valence-corrected chi connectivity index (χ4v) is 2.91. The highest BCUT2D eigenvalue weighted by Gasteiger charge is 2.28. The Kier molecular flexibility index (Phi) is 6.28. The average Bonchev–Trinajstić information content (AvgIpc) is 3.09. The number of hydrogen-bond acceptors (Lipinski definition) is 5. The van der Waals surface area contributed by atoms with Gasteiger partial charge in [0.2, 0.25) is 0 Å². The Hall–Kier alpha value is -2.24. The molecule has 1 aliphatic rings. The number of nitrogens with zero attached hydrogens (tertiary/aromatic N) is 2. The molecule has 6 heteroatoms. The van der Waals surface area contributed by atoms with E-state index < -0.39 is 5.60 Å². The molecule has 0 unspecified atom stereocenters. The summed E-state index contributed by atoms with van der Waals surface area (Å²) in [6, 6.07) is 3.75. The fraction of sp³-hybridized carbons (Fsp3) is 0.579. The summed E-state index contributed by atoms with van der Waals surface area (Å²) in [5.41, 5.74) is 1.46. The Balaban J connectivity index is 2.00. The van der Waals surface area contributed by atoms with E-state index in [4.69, 9.17) is 9.15 Å². The Labute approximate surface area is 149 Å². The molecular weight excluding hydrogens is 318 g/mol. The minimum Gasteiger partial charge on any atom is -0.463 e. The largest absolute Gasteiger partial charge is 0.463 e. The number of hydrogen-bond donors (Lipinski definition) is 1. The van der Waals surface area contributed by atoms with Crippen molar-refractivity contribution in [2.45, 2.75) is 39.2 Å². The molecule has 0 atom stereocenters. The Morgan fingerprint density at radius 3 is 2.56 bits per heavy atom. The van der Waals surface area contributed by atoms with Gasteiger partial charge in [0.15, 0.2) is 5.76 Å². The van der Waals surface area contributed by atoms with E-state index in [0.717, 1.165) is 30.0 Å². The molecule has 25 heavy (non-hydrogen) atoms. The summed E-state index contributed by atoms with van der Waals surface area (Å²) < 4.78 is 10.9. The van der Waals surface area contributed by atoms with Gasteiger partial charge in [-0.15, -0.1) is 0 Å². The number of likely N-dealkylation sites (tertiary alicyclic amines) is 1. The summed E-state index contributed by atoms with van der Waals surface area (Å²) in [5.74, 6) is 1.11. The quantitative estimate of drug-likeness (QED) is 0.847. The lowest BCUT2D eigenvalue weighted by Gasteiger charge is -2.34. The molecule has 2 rings (SSSR count). The average molecular weight is 347 g/mol. The molecule has 0 aromatic carbocycles. The normalized spacial score (nSPS) is 17.6. The molecule has 1 aromatic heterocycles. The first-order valence-corrected chi connectivity index (χ1v) is 8.72. The van der Waals surface area contributed by atoms with Gasteiger partial charge in [0.25, 0.3) is 0 Å². The van der Waals surface area contributed by atoms with Gasteiger partial charge >= 0.3 is 6.09 Å². The predicted molar refractivity (Wildman–Crippen MR) is 98.8 cm³/mol. The topological polar surface area (TPSA) is 67.1 Å². The van der Waals surface area contributed by atoms with Gasteiger partial charge in [-0.3, -0.25) is 4.99 Å². The minimum absolute atomic E-state index is 0.229. The summed E-state index contributed by atoms with van der Waals surface area (Å²) in [6.07, 6.45) is 5.23. The molecule has 0 spiro atoms. The predicted octanol–water partition coefficient (Wildman–Crippen LogP) is 3.45. The van der Waals surface area contributed by atoms with E-state index in [1.807, 2.05) is 46.0 Å². The second kappa shape index (κ2) is 8.23. The van der Waals surface area contributed by atoms with Gasteiger partial charge in [0, 0.05) is 38.8 Å². The summed E-state index contributed by atoms with van der Waals surface area (Å²) in [6.45, 7) is 7.05. The number of ether oxygens (including phenoxy) is 1. The number of amides is 1. The molecule has 1 aliphatic heterocycles. The van der Waals surface area contributed by atoms with Crippen LogP contribution in [0.15, 0.2) is 39.6 Å². The van der Waals surface area contributed by atoms with E-state index in [9.17, 15) is 4.79 Å². The molecule has 138 valence electrons. The van der Waals surface area contributed by atoms with Gasteiger partial charge in [0.1, 0.15) is 11.3 Å². The second-order valence-electron chi connectivity index (χ2n) is 7.18. The standard InChI is InChI=1S/C19H29N3O3/c1-19(2,3)25-18(23)22-10-8-14(9-11-22)15(20-4)13-16(21-5)17-7-6-12-24-17/h6-7,12-14,20H,8-11H2,1-5H3. The third kappa shape index (κ3) is 5.37. The molecule has 0 radical (unpaired) electrons. The van der Waals surface area contributed by atoms with Crippen molar-refractivity contribution in [2.75, 3.05) is 27.2 Å². The van der Waals surface area contributed by atoms with Crippen molar-refractivity contribution in [3.8, 4) is 0 Å². The maximum Gasteiger partial charge on any atom is 0.410 e. The molecule has 1 amide bonds. The molecule has 1 N–H and O–H groups in total. The molecule has 0 aliphatic carbocycles. The molecule has 1 saturated heterocycles. The van der Waals surface area contributed by atoms with Crippen LogP contribution in [0.5, 0.6) is 0 Å². The van der Waals surface area contributed by atoms with Crippen LogP contribution in [0.1, 0.15) is 39.4 Å². The van der Waals surface area contributed by atoms with Crippen LogP contribution >= 0.6 is 0 Å². The summed E-state index contributed by atoms with van der Waals surface area (Å²) in [7, 11) is 3.67. The van der Waals surface area contributed by atoms with Crippen molar-refractivity contribution in [3.63, 3.8) is 0 Å². The molecule has 6 nitrogen and oxygen atoms in total. The first kappa shape index (κ1) is 19.1. The Bertz CT molecular complexity index is 619. The van der Waals surface area contributed by atoms with E-state index in [2.05, 4.69) is 10.3 Å². The van der Waals surface area contributed by atoms with Gasteiger partial charge < -0.3 is 19.4 Å². The van der Waals surface area contributed by atoms with Crippen molar-refractivity contribution >= 4 is 11.8 Å². The van der Waals surface area contributed by atoms with Crippen molar-refractivity contribution in [2.24, 2.45) is 10.9 Å². The number of nitrogens with one attached hydrogen (secondary N) is 1. The van der Waals surface area contributed by atoms with Gasteiger partial charge in [0.05, 0.1) is 6.26 Å². The molecule has 1 fully saturated rings. The minimum atomic E-state index is -0.459. The highest BCUT2D eigenvalue weighted by Crippen LogP contribution is 2.25. The van der Waals surface area contributed by atoms with Crippen LogP contribution in [0.25, 0.3) is 0 Å². The smallest absolute Gasteiger partial charge is 0.410 e. The lowest BCUT2D eigenvalue weighted by molar-refractivity contribution is 0.0193. The van der Waals surface area contributed by atoms with Gasteiger partial charge in [-0.2, -0.15) is 0 Å². The number of allylic oxidation sites excluding steroid dienone is 2. The fourth-order valence-electron chi connectivity index (χ4n) is 2.91. The van der Waals surface area contributed by atoms with E-state index in [1.54, 1.807) is 18.2 Å². The van der Waals surface area contributed by atoms with Crippen molar-refractivity contribution in [1.29, 1.82) is 0 Å². The van der Waals surface area contributed by atoms with Crippen molar-refractivity contribution in [1.82, 2.24) is 10.2 Å². The first-order chi connectivity index (χ1) is 11.8. The molecule has 0 bridgehead atoms. The monoisotopic (exact) mass is 347 g/mol. The van der Waals surface area contributed by atoms with Crippen molar-refractivity contribution in [3.05, 3.63) is 35.9 Å². The maximum absolute atomic E-state index is 12.2.